The maximum atomic E-state index is 11.1. The van der Waals surface area contributed by atoms with Crippen LogP contribution in [0.1, 0.15) is 56.1 Å². The number of hydrogen-bond acceptors (Lipinski definition) is 2. The van der Waals surface area contributed by atoms with Crippen LogP contribution in [0.4, 0.5) is 0 Å². The summed E-state index contributed by atoms with van der Waals surface area (Å²) in [5, 5.41) is 20.8. The number of hydrogen-bond donors (Lipinski definition) is 2. The highest BCUT2D eigenvalue weighted by molar-refractivity contribution is 5.61. The molecule has 5 atom stereocenters. The lowest BCUT2D eigenvalue weighted by atomic mass is 9.53. The van der Waals surface area contributed by atoms with Crippen LogP contribution in [-0.4, -0.2) is 15.8 Å². The molecule has 0 saturated heterocycles. The summed E-state index contributed by atoms with van der Waals surface area (Å²) in [7, 11) is 0. The fourth-order valence-electron chi connectivity index (χ4n) is 5.87. The van der Waals surface area contributed by atoms with Crippen molar-refractivity contribution in [2.45, 2.75) is 50.5 Å². The molecule has 1 aromatic rings. The third-order valence-electron chi connectivity index (χ3n) is 7.02. The first-order valence-electron chi connectivity index (χ1n) is 8.76. The highest BCUT2D eigenvalue weighted by Crippen LogP contribution is 2.65. The van der Waals surface area contributed by atoms with Gasteiger partial charge in [-0.2, -0.15) is 0 Å². The molecule has 120 valence electrons. The van der Waals surface area contributed by atoms with Crippen molar-refractivity contribution in [2.24, 2.45) is 17.3 Å². The Hall–Kier alpha value is -1.72. The predicted octanol–water partition coefficient (Wildman–Crippen LogP) is 4.08. The van der Waals surface area contributed by atoms with Crippen LogP contribution in [0.5, 0.6) is 5.75 Å². The number of benzene rings is 1. The Morgan fingerprint density at radius 2 is 2.13 bits per heavy atom. The Morgan fingerprint density at radius 1 is 1.30 bits per heavy atom. The summed E-state index contributed by atoms with van der Waals surface area (Å²) in [5.74, 6) is 4.46. The number of aromatic hydroxyl groups is 1. The van der Waals surface area contributed by atoms with Gasteiger partial charge < -0.3 is 10.2 Å². The van der Waals surface area contributed by atoms with E-state index < -0.39 is 5.60 Å². The molecule has 2 N–H and O–H groups in total. The van der Waals surface area contributed by atoms with E-state index >= 15 is 0 Å². The van der Waals surface area contributed by atoms with Crippen molar-refractivity contribution >= 4 is 6.08 Å². The summed E-state index contributed by atoms with van der Waals surface area (Å²) in [6.45, 7) is 2.18. The Balaban J connectivity index is 1.77. The largest absolute Gasteiger partial charge is 0.508 e. The van der Waals surface area contributed by atoms with Gasteiger partial charge in [-0.15, -0.1) is 6.42 Å². The first-order valence-corrected chi connectivity index (χ1v) is 8.76. The molecule has 23 heavy (non-hydrogen) atoms. The monoisotopic (exact) mass is 308 g/mol. The third-order valence-corrected chi connectivity index (χ3v) is 7.02. The minimum absolute atomic E-state index is 0.137. The summed E-state index contributed by atoms with van der Waals surface area (Å²) in [5.41, 5.74) is 1.40. The fraction of sp³-hybridized carbons (Fsp3) is 0.524. The van der Waals surface area contributed by atoms with Gasteiger partial charge in [-0.25, -0.2) is 0 Å². The van der Waals surface area contributed by atoms with E-state index in [9.17, 15) is 10.2 Å². The Bertz CT molecular complexity index is 713. The molecule has 0 unspecified atom stereocenters. The molecule has 0 aromatic heterocycles. The molecular weight excluding hydrogens is 284 g/mol. The summed E-state index contributed by atoms with van der Waals surface area (Å²) in [6, 6.07) is 5.73. The van der Waals surface area contributed by atoms with Crippen LogP contribution in [0.2, 0.25) is 0 Å². The van der Waals surface area contributed by atoms with Gasteiger partial charge in [0.15, 0.2) is 0 Å². The van der Waals surface area contributed by atoms with E-state index in [1.807, 2.05) is 6.07 Å². The van der Waals surface area contributed by atoms with Crippen LogP contribution in [-0.2, 0) is 0 Å². The molecule has 0 amide bonds. The number of phenols is 1. The average molecular weight is 308 g/mol. The molecule has 2 nitrogen and oxygen atoms in total. The molecule has 0 aliphatic heterocycles. The van der Waals surface area contributed by atoms with Crippen molar-refractivity contribution in [1.82, 2.24) is 0 Å². The Labute approximate surface area is 138 Å². The van der Waals surface area contributed by atoms with Gasteiger partial charge in [-0.1, -0.05) is 31.1 Å². The second kappa shape index (κ2) is 4.89. The standard InChI is InChI=1S/C21H24O2/c1-3-20-11-9-17-16-8-6-15(22)13-14(16)5-7-18(17)19(20)10-12-21(20,23)4-2/h2,5-8,13,17-19,22-23H,3,9-12H2,1H3/t17-,18-,19+,20+,21+/m1/s1. The van der Waals surface area contributed by atoms with Crippen LogP contribution >= 0.6 is 0 Å². The highest BCUT2D eigenvalue weighted by Gasteiger charge is 2.62. The van der Waals surface area contributed by atoms with E-state index in [2.05, 4.69) is 31.1 Å². The van der Waals surface area contributed by atoms with Gasteiger partial charge in [0, 0.05) is 5.41 Å². The van der Waals surface area contributed by atoms with Gasteiger partial charge >= 0.3 is 0 Å². The topological polar surface area (TPSA) is 40.5 Å². The lowest BCUT2D eigenvalue weighted by Crippen LogP contribution is -2.51. The van der Waals surface area contributed by atoms with Crippen molar-refractivity contribution in [3.8, 4) is 18.1 Å². The summed E-state index contributed by atoms with van der Waals surface area (Å²) >= 11 is 0. The lowest BCUT2D eigenvalue weighted by molar-refractivity contribution is -0.0704. The number of aliphatic hydroxyl groups is 1. The summed E-state index contributed by atoms with van der Waals surface area (Å²) in [6.07, 6.45) is 14.9. The fourth-order valence-corrected chi connectivity index (χ4v) is 5.87. The van der Waals surface area contributed by atoms with E-state index in [4.69, 9.17) is 6.42 Å². The molecule has 0 bridgehead atoms. The number of fused-ring (bicyclic) bond motifs is 5. The van der Waals surface area contributed by atoms with Crippen LogP contribution in [0.25, 0.3) is 6.08 Å². The second-order valence-electron chi connectivity index (χ2n) is 7.55. The van der Waals surface area contributed by atoms with Gasteiger partial charge in [0.05, 0.1) is 0 Å². The Kier molecular flexibility index (Phi) is 3.15. The van der Waals surface area contributed by atoms with Crippen molar-refractivity contribution in [3.05, 3.63) is 35.4 Å². The van der Waals surface area contributed by atoms with Crippen molar-refractivity contribution in [3.63, 3.8) is 0 Å². The van der Waals surface area contributed by atoms with Crippen LogP contribution in [0.3, 0.4) is 0 Å². The minimum atomic E-state index is -0.944. The third kappa shape index (κ3) is 1.80. The minimum Gasteiger partial charge on any atom is -0.508 e. The van der Waals surface area contributed by atoms with E-state index in [0.29, 0.717) is 23.5 Å². The smallest absolute Gasteiger partial charge is 0.131 e. The normalized spacial score (nSPS) is 40.8. The maximum Gasteiger partial charge on any atom is 0.131 e. The number of phenolic OH excluding ortho intramolecular Hbond substituents is 1. The average Bonchev–Trinajstić information content (AvgIpc) is 2.88. The molecule has 0 heterocycles. The van der Waals surface area contributed by atoms with Crippen molar-refractivity contribution < 1.29 is 10.2 Å². The molecule has 4 rings (SSSR count). The van der Waals surface area contributed by atoms with E-state index in [-0.39, 0.29) is 5.41 Å². The lowest BCUT2D eigenvalue weighted by Gasteiger charge is -2.52. The van der Waals surface area contributed by atoms with Crippen LogP contribution < -0.4 is 0 Å². The molecule has 0 spiro atoms. The number of rotatable bonds is 1. The predicted molar refractivity (Wildman–Crippen MR) is 91.8 cm³/mol. The summed E-state index contributed by atoms with van der Waals surface area (Å²) in [4.78, 5) is 0. The van der Waals surface area contributed by atoms with Gasteiger partial charge in [0.25, 0.3) is 0 Å². The van der Waals surface area contributed by atoms with Gasteiger partial charge in [-0.05, 0) is 73.1 Å². The quantitative estimate of drug-likeness (QED) is 0.767. The Morgan fingerprint density at radius 3 is 2.87 bits per heavy atom. The zero-order chi connectivity index (χ0) is 16.2. The molecular formula is C21H24O2. The highest BCUT2D eigenvalue weighted by atomic mass is 16.3. The molecule has 2 saturated carbocycles. The van der Waals surface area contributed by atoms with Crippen LogP contribution in [0.15, 0.2) is 24.3 Å². The number of terminal acetylenes is 1. The molecule has 1 aromatic carbocycles. The summed E-state index contributed by atoms with van der Waals surface area (Å²) < 4.78 is 0. The van der Waals surface area contributed by atoms with Gasteiger partial charge in [0.1, 0.15) is 11.4 Å². The first-order chi connectivity index (χ1) is 11.0. The molecule has 3 aliphatic rings. The number of allylic oxidation sites excluding steroid dienone is 1. The van der Waals surface area contributed by atoms with Gasteiger partial charge in [0.2, 0.25) is 0 Å². The SMILES string of the molecule is C#C[C@]1(O)CC[C@H]2[C@@H]3C=Cc4cc(O)ccc4[C@H]3CC[C@@]21CC. The molecule has 2 heteroatoms. The molecule has 0 radical (unpaired) electrons. The van der Waals surface area contributed by atoms with E-state index in [1.54, 1.807) is 6.07 Å². The van der Waals surface area contributed by atoms with Crippen molar-refractivity contribution in [2.75, 3.05) is 0 Å². The maximum absolute atomic E-state index is 11.1. The molecule has 2 fully saturated rings. The second-order valence-corrected chi connectivity index (χ2v) is 7.55. The van der Waals surface area contributed by atoms with Gasteiger partial charge in [-0.3, -0.25) is 0 Å². The van der Waals surface area contributed by atoms with Crippen molar-refractivity contribution in [1.29, 1.82) is 0 Å². The first kappa shape index (κ1) is 14.8. The molecule has 3 aliphatic carbocycles. The van der Waals surface area contributed by atoms with Crippen LogP contribution in [0, 0.1) is 29.6 Å². The zero-order valence-corrected chi connectivity index (χ0v) is 13.6. The zero-order valence-electron chi connectivity index (χ0n) is 13.6. The van der Waals surface area contributed by atoms with E-state index in [0.717, 1.165) is 37.7 Å². The van der Waals surface area contributed by atoms with E-state index in [1.165, 1.54) is 5.56 Å².